The molecule has 1 N–H and O–H groups in total. The monoisotopic (exact) mass is 265 g/mol. The van der Waals surface area contributed by atoms with Crippen molar-refractivity contribution in [3.05, 3.63) is 23.8 Å². The first-order valence-corrected chi connectivity index (χ1v) is 7.09. The molecule has 3 nitrogen and oxygen atoms in total. The van der Waals surface area contributed by atoms with E-state index < -0.39 is 0 Å². The molecule has 1 rings (SSSR count). The standard InChI is InChI=1S/C16H27NO2/c1-13(2)12-17-11-6-5-8-14-9-7-10-15(18-3)16(14)19-4/h7,9-10,13,17H,5-6,8,11-12H2,1-4H3. The summed E-state index contributed by atoms with van der Waals surface area (Å²) >= 11 is 0. The summed E-state index contributed by atoms with van der Waals surface area (Å²) in [5.41, 5.74) is 1.23. The van der Waals surface area contributed by atoms with Gasteiger partial charge in [-0.3, -0.25) is 0 Å². The minimum Gasteiger partial charge on any atom is -0.493 e. The van der Waals surface area contributed by atoms with Crippen molar-refractivity contribution in [1.82, 2.24) is 5.32 Å². The summed E-state index contributed by atoms with van der Waals surface area (Å²) in [5, 5.41) is 3.47. The zero-order valence-electron chi connectivity index (χ0n) is 12.7. The number of aryl methyl sites for hydroxylation is 1. The van der Waals surface area contributed by atoms with Crippen molar-refractivity contribution in [3.63, 3.8) is 0 Å². The van der Waals surface area contributed by atoms with E-state index in [1.807, 2.05) is 12.1 Å². The molecule has 0 fully saturated rings. The highest BCUT2D eigenvalue weighted by molar-refractivity contribution is 5.46. The van der Waals surface area contributed by atoms with Gasteiger partial charge in [0.15, 0.2) is 11.5 Å². The van der Waals surface area contributed by atoms with E-state index in [0.29, 0.717) is 0 Å². The number of methoxy groups -OCH3 is 2. The van der Waals surface area contributed by atoms with Crippen LogP contribution in [-0.4, -0.2) is 27.3 Å². The lowest BCUT2D eigenvalue weighted by Gasteiger charge is -2.12. The Kier molecular flexibility index (Phi) is 7.34. The summed E-state index contributed by atoms with van der Waals surface area (Å²) in [6.45, 7) is 6.65. The van der Waals surface area contributed by atoms with Gasteiger partial charge in [0.05, 0.1) is 14.2 Å². The number of nitrogens with one attached hydrogen (secondary N) is 1. The lowest BCUT2D eigenvalue weighted by atomic mass is 10.1. The highest BCUT2D eigenvalue weighted by Crippen LogP contribution is 2.31. The van der Waals surface area contributed by atoms with Gasteiger partial charge in [-0.25, -0.2) is 0 Å². The Morgan fingerprint density at radius 3 is 2.53 bits per heavy atom. The van der Waals surface area contributed by atoms with Gasteiger partial charge in [-0.2, -0.15) is 0 Å². The predicted molar refractivity (Wildman–Crippen MR) is 80.2 cm³/mol. The predicted octanol–water partition coefficient (Wildman–Crippen LogP) is 3.27. The maximum Gasteiger partial charge on any atom is 0.163 e. The van der Waals surface area contributed by atoms with Gasteiger partial charge in [-0.05, 0) is 49.9 Å². The van der Waals surface area contributed by atoms with E-state index in [4.69, 9.17) is 9.47 Å². The van der Waals surface area contributed by atoms with Gasteiger partial charge < -0.3 is 14.8 Å². The van der Waals surface area contributed by atoms with Crippen LogP contribution in [0.4, 0.5) is 0 Å². The van der Waals surface area contributed by atoms with E-state index in [1.165, 1.54) is 12.0 Å². The van der Waals surface area contributed by atoms with Gasteiger partial charge >= 0.3 is 0 Å². The number of unbranched alkanes of at least 4 members (excludes halogenated alkanes) is 1. The lowest BCUT2D eigenvalue weighted by Crippen LogP contribution is -2.20. The molecule has 0 aliphatic carbocycles. The zero-order valence-corrected chi connectivity index (χ0v) is 12.7. The van der Waals surface area contributed by atoms with Crippen molar-refractivity contribution in [1.29, 1.82) is 0 Å². The molecule has 0 aliphatic heterocycles. The average molecular weight is 265 g/mol. The topological polar surface area (TPSA) is 30.5 Å². The minimum atomic E-state index is 0.721. The van der Waals surface area contributed by atoms with Gasteiger partial charge in [0.1, 0.15) is 0 Å². The van der Waals surface area contributed by atoms with Gasteiger partial charge in [-0.1, -0.05) is 26.0 Å². The Bertz CT molecular complexity index is 364. The fourth-order valence-corrected chi connectivity index (χ4v) is 2.11. The third-order valence-electron chi connectivity index (χ3n) is 3.09. The molecule has 0 aromatic heterocycles. The Balaban J connectivity index is 2.37. The molecule has 0 radical (unpaired) electrons. The number of rotatable bonds is 9. The molecule has 1 aromatic rings. The van der Waals surface area contributed by atoms with Crippen LogP contribution in [0.3, 0.4) is 0 Å². The van der Waals surface area contributed by atoms with Crippen LogP contribution in [-0.2, 0) is 6.42 Å². The van der Waals surface area contributed by atoms with Crippen LogP contribution in [0.2, 0.25) is 0 Å². The van der Waals surface area contributed by atoms with E-state index in [-0.39, 0.29) is 0 Å². The molecule has 0 heterocycles. The highest BCUT2D eigenvalue weighted by Gasteiger charge is 2.08. The van der Waals surface area contributed by atoms with Crippen molar-refractivity contribution in [2.75, 3.05) is 27.3 Å². The Morgan fingerprint density at radius 2 is 1.89 bits per heavy atom. The zero-order chi connectivity index (χ0) is 14.1. The Labute approximate surface area is 117 Å². The summed E-state index contributed by atoms with van der Waals surface area (Å²) < 4.78 is 10.7. The van der Waals surface area contributed by atoms with E-state index in [1.54, 1.807) is 14.2 Å². The summed E-state index contributed by atoms with van der Waals surface area (Å²) in [4.78, 5) is 0. The van der Waals surface area contributed by atoms with E-state index in [0.717, 1.165) is 43.3 Å². The fourth-order valence-electron chi connectivity index (χ4n) is 2.11. The molecule has 108 valence electrons. The van der Waals surface area contributed by atoms with Crippen molar-refractivity contribution in [3.8, 4) is 11.5 Å². The second-order valence-corrected chi connectivity index (χ2v) is 5.21. The van der Waals surface area contributed by atoms with Crippen molar-refractivity contribution in [2.45, 2.75) is 33.1 Å². The van der Waals surface area contributed by atoms with Gasteiger partial charge in [-0.15, -0.1) is 0 Å². The molecule has 0 atom stereocenters. The fraction of sp³-hybridized carbons (Fsp3) is 0.625. The molecule has 0 spiro atoms. The maximum atomic E-state index is 5.44. The first-order valence-electron chi connectivity index (χ1n) is 7.09. The van der Waals surface area contributed by atoms with E-state index in [2.05, 4.69) is 25.2 Å². The molecule has 19 heavy (non-hydrogen) atoms. The smallest absolute Gasteiger partial charge is 0.163 e. The molecule has 0 aliphatic rings. The van der Waals surface area contributed by atoms with Crippen LogP contribution in [0.15, 0.2) is 18.2 Å². The lowest BCUT2D eigenvalue weighted by molar-refractivity contribution is 0.351. The molecule has 0 saturated heterocycles. The maximum absolute atomic E-state index is 5.44. The number of para-hydroxylation sites is 1. The molecule has 0 bridgehead atoms. The number of hydrogen-bond donors (Lipinski definition) is 1. The van der Waals surface area contributed by atoms with Gasteiger partial charge in [0, 0.05) is 0 Å². The summed E-state index contributed by atoms with van der Waals surface area (Å²) in [6, 6.07) is 6.07. The normalized spacial score (nSPS) is 10.8. The largest absolute Gasteiger partial charge is 0.493 e. The van der Waals surface area contributed by atoms with Gasteiger partial charge in [0.2, 0.25) is 0 Å². The summed E-state index contributed by atoms with van der Waals surface area (Å²) in [7, 11) is 3.38. The van der Waals surface area contributed by atoms with Crippen LogP contribution in [0.5, 0.6) is 11.5 Å². The number of ether oxygens (including phenoxy) is 2. The first-order chi connectivity index (χ1) is 9.19. The molecular formula is C16H27NO2. The SMILES string of the molecule is COc1cccc(CCCCNCC(C)C)c1OC. The third kappa shape index (κ3) is 5.52. The number of hydrogen-bond acceptors (Lipinski definition) is 3. The van der Waals surface area contributed by atoms with Crippen LogP contribution in [0.25, 0.3) is 0 Å². The van der Waals surface area contributed by atoms with Crippen LogP contribution in [0.1, 0.15) is 32.3 Å². The molecule has 0 amide bonds. The van der Waals surface area contributed by atoms with Crippen LogP contribution in [0, 0.1) is 5.92 Å². The highest BCUT2D eigenvalue weighted by atomic mass is 16.5. The van der Waals surface area contributed by atoms with E-state index >= 15 is 0 Å². The van der Waals surface area contributed by atoms with Crippen molar-refractivity contribution in [2.24, 2.45) is 5.92 Å². The molecule has 3 heteroatoms. The number of benzene rings is 1. The molecule has 0 saturated carbocycles. The van der Waals surface area contributed by atoms with Crippen molar-refractivity contribution < 1.29 is 9.47 Å². The molecule has 1 aromatic carbocycles. The second kappa shape index (κ2) is 8.81. The third-order valence-corrected chi connectivity index (χ3v) is 3.09. The quantitative estimate of drug-likeness (QED) is 0.695. The molecular weight excluding hydrogens is 238 g/mol. The summed E-state index contributed by atoms with van der Waals surface area (Å²) in [6.07, 6.45) is 3.38. The Morgan fingerprint density at radius 1 is 1.11 bits per heavy atom. The van der Waals surface area contributed by atoms with Crippen LogP contribution >= 0.6 is 0 Å². The Hall–Kier alpha value is -1.22. The van der Waals surface area contributed by atoms with Crippen LogP contribution < -0.4 is 14.8 Å². The van der Waals surface area contributed by atoms with E-state index in [9.17, 15) is 0 Å². The van der Waals surface area contributed by atoms with Gasteiger partial charge in [0.25, 0.3) is 0 Å². The minimum absolute atomic E-state index is 0.721. The average Bonchev–Trinajstić information content (AvgIpc) is 2.41. The summed E-state index contributed by atoms with van der Waals surface area (Å²) in [5.74, 6) is 2.41. The van der Waals surface area contributed by atoms with Crippen molar-refractivity contribution >= 4 is 0 Å². The first kappa shape index (κ1) is 15.8. The second-order valence-electron chi connectivity index (χ2n) is 5.21. The molecule has 0 unspecified atom stereocenters.